The zero-order valence-electron chi connectivity index (χ0n) is 18.3. The molecule has 0 aliphatic carbocycles. The fourth-order valence-corrected chi connectivity index (χ4v) is 4.34. The number of hydrogen-bond acceptors (Lipinski definition) is 9. The maximum Gasteiger partial charge on any atom is 0.343 e. The number of benzene rings is 2. The lowest BCUT2D eigenvalue weighted by molar-refractivity contribution is -0.133. The number of rotatable bonds is 11. The van der Waals surface area contributed by atoms with Gasteiger partial charge >= 0.3 is 11.9 Å². The number of ether oxygens (including phenoxy) is 3. The summed E-state index contributed by atoms with van der Waals surface area (Å²) in [5, 5.41) is 11.8. The van der Waals surface area contributed by atoms with Crippen LogP contribution >= 0.6 is 23.1 Å². The van der Waals surface area contributed by atoms with Crippen LogP contribution in [0.15, 0.2) is 58.9 Å². The van der Waals surface area contributed by atoms with Gasteiger partial charge in [-0.3, -0.25) is 14.9 Å². The summed E-state index contributed by atoms with van der Waals surface area (Å²) in [5.41, 5.74) is 0.551. The Balaban J connectivity index is 1.80. The van der Waals surface area contributed by atoms with E-state index in [1.54, 1.807) is 44.4 Å². The molecule has 9 nitrogen and oxygen atoms in total. The minimum atomic E-state index is -0.943. The molecule has 34 heavy (non-hydrogen) atoms. The number of nitrogens with one attached hydrogen (secondary N) is 1. The van der Waals surface area contributed by atoms with Crippen LogP contribution in [0.1, 0.15) is 27.6 Å². The summed E-state index contributed by atoms with van der Waals surface area (Å²) in [5.74, 6) is -1.66. The van der Waals surface area contributed by atoms with E-state index in [9.17, 15) is 14.4 Å². The number of hydrogen-bond donors (Lipinski definition) is 2. The molecule has 3 aromatic rings. The lowest BCUT2D eigenvalue weighted by Crippen LogP contribution is -2.19. The van der Waals surface area contributed by atoms with E-state index < -0.39 is 17.8 Å². The maximum absolute atomic E-state index is 12.9. The van der Waals surface area contributed by atoms with Crippen molar-refractivity contribution in [2.24, 2.45) is 0 Å². The summed E-state index contributed by atoms with van der Waals surface area (Å²) < 4.78 is 17.0. The number of carboxylic acids is 1. The molecular weight excluding hydrogens is 480 g/mol. The van der Waals surface area contributed by atoms with Gasteiger partial charge in [0, 0.05) is 18.7 Å². The normalized spacial score (nSPS) is 11.5. The first-order chi connectivity index (χ1) is 16.3. The van der Waals surface area contributed by atoms with Crippen molar-refractivity contribution in [1.29, 1.82) is 0 Å². The molecule has 0 saturated heterocycles. The lowest BCUT2D eigenvalue weighted by atomic mass is 10.2. The number of esters is 1. The number of carboxylic acid groups (broad SMARTS) is 1. The van der Waals surface area contributed by atoms with Crippen LogP contribution in [0.5, 0.6) is 11.5 Å². The minimum absolute atomic E-state index is 0.106. The third-order valence-corrected chi connectivity index (χ3v) is 6.24. The van der Waals surface area contributed by atoms with Crippen molar-refractivity contribution < 1.29 is 33.7 Å². The van der Waals surface area contributed by atoms with E-state index in [1.165, 1.54) is 24.4 Å². The average Bonchev–Trinajstić information content (AvgIpc) is 3.25. The smallest absolute Gasteiger partial charge is 0.343 e. The third-order valence-electron chi connectivity index (χ3n) is 4.14. The van der Waals surface area contributed by atoms with Gasteiger partial charge < -0.3 is 19.3 Å². The first kappa shape index (κ1) is 25.2. The Morgan fingerprint density at radius 2 is 1.85 bits per heavy atom. The van der Waals surface area contributed by atoms with Crippen LogP contribution in [0, 0.1) is 0 Å². The second-order valence-corrected chi connectivity index (χ2v) is 9.26. The molecule has 11 heteroatoms. The average molecular weight is 503 g/mol. The van der Waals surface area contributed by atoms with Gasteiger partial charge in [-0.05, 0) is 31.2 Å². The number of carbonyl (C=O) groups excluding carboxylic acids is 2. The molecule has 0 unspecified atom stereocenters. The van der Waals surface area contributed by atoms with Crippen molar-refractivity contribution in [1.82, 2.24) is 4.98 Å². The molecule has 0 radical (unpaired) electrons. The number of methoxy groups -OCH3 is 1. The van der Waals surface area contributed by atoms with Gasteiger partial charge in [-0.15, -0.1) is 11.8 Å². The van der Waals surface area contributed by atoms with E-state index in [-0.39, 0.29) is 23.2 Å². The van der Waals surface area contributed by atoms with Crippen molar-refractivity contribution in [3.63, 3.8) is 0 Å². The van der Waals surface area contributed by atoms with Crippen LogP contribution in [0.3, 0.4) is 0 Å². The first-order valence-electron chi connectivity index (χ1n) is 10.0. The number of aromatic nitrogens is 1. The summed E-state index contributed by atoms with van der Waals surface area (Å²) in [6.45, 7) is 2.13. The molecule has 1 amide bonds. The van der Waals surface area contributed by atoms with Gasteiger partial charge in [-0.2, -0.15) is 0 Å². The van der Waals surface area contributed by atoms with Crippen LogP contribution in [0.4, 0.5) is 5.13 Å². The van der Waals surface area contributed by atoms with Gasteiger partial charge in [0.15, 0.2) is 5.13 Å². The summed E-state index contributed by atoms with van der Waals surface area (Å²) in [6, 6.07) is 12.9. The Labute approximate surface area is 204 Å². The molecule has 0 aliphatic heterocycles. The summed E-state index contributed by atoms with van der Waals surface area (Å²) in [6.07, 6.45) is 1.18. The summed E-state index contributed by atoms with van der Waals surface area (Å²) >= 11 is 2.26. The highest BCUT2D eigenvalue weighted by Crippen LogP contribution is 2.29. The van der Waals surface area contributed by atoms with E-state index in [1.807, 2.05) is 0 Å². The fraction of sp³-hybridized carbons (Fsp3) is 0.217. The highest BCUT2D eigenvalue weighted by molar-refractivity contribution is 8.01. The number of nitrogens with zero attached hydrogens (tertiary/aromatic N) is 1. The molecule has 3 rings (SSSR count). The second-order valence-electron chi connectivity index (χ2n) is 6.95. The first-order valence-corrected chi connectivity index (χ1v) is 11.8. The van der Waals surface area contributed by atoms with Gasteiger partial charge in [0.05, 0.1) is 28.3 Å². The standard InChI is InChI=1S/C23H22N2O7S2/c1-14(12-30-2)31-17-8-16(9-18(10-17)32-22(29)15-6-4-3-5-7-15)21(28)25-23-24-11-20(34-23)33-13-19(26)27/h3-11,14H,12-13H2,1-2H3,(H,26,27)(H,24,25,28)/t14-/m0/s1. The molecule has 0 bridgehead atoms. The van der Waals surface area contributed by atoms with Crippen molar-refractivity contribution in [2.45, 2.75) is 17.2 Å². The Kier molecular flexibility index (Phi) is 9.02. The second kappa shape index (κ2) is 12.2. The van der Waals surface area contributed by atoms with E-state index >= 15 is 0 Å². The van der Waals surface area contributed by atoms with Crippen molar-refractivity contribution in [3.8, 4) is 11.5 Å². The largest absolute Gasteiger partial charge is 0.488 e. The van der Waals surface area contributed by atoms with Crippen molar-refractivity contribution >= 4 is 46.1 Å². The molecule has 178 valence electrons. The molecule has 1 atom stereocenters. The highest BCUT2D eigenvalue weighted by Gasteiger charge is 2.17. The molecule has 0 spiro atoms. The predicted molar refractivity (Wildman–Crippen MR) is 128 cm³/mol. The highest BCUT2D eigenvalue weighted by atomic mass is 32.2. The van der Waals surface area contributed by atoms with Crippen LogP contribution < -0.4 is 14.8 Å². The molecule has 2 aromatic carbocycles. The zero-order valence-corrected chi connectivity index (χ0v) is 20.0. The SMILES string of the molecule is COC[C@H](C)Oc1cc(OC(=O)c2ccccc2)cc(C(=O)Nc2ncc(SCC(=O)O)s2)c1. The Morgan fingerprint density at radius 3 is 2.56 bits per heavy atom. The zero-order chi connectivity index (χ0) is 24.5. The van der Waals surface area contributed by atoms with Crippen molar-refractivity contribution in [2.75, 3.05) is 24.8 Å². The molecular formula is C23H22N2O7S2. The molecule has 2 N–H and O–H groups in total. The minimum Gasteiger partial charge on any atom is -0.488 e. The number of anilines is 1. The monoisotopic (exact) mass is 502 g/mol. The number of thiazole rings is 1. The van der Waals surface area contributed by atoms with E-state index in [4.69, 9.17) is 19.3 Å². The predicted octanol–water partition coefficient (Wildman–Crippen LogP) is 4.21. The van der Waals surface area contributed by atoms with Crippen LogP contribution in [0.25, 0.3) is 0 Å². The molecule has 1 heterocycles. The Morgan fingerprint density at radius 1 is 1.12 bits per heavy atom. The topological polar surface area (TPSA) is 124 Å². The molecule has 0 saturated carbocycles. The summed E-state index contributed by atoms with van der Waals surface area (Å²) in [7, 11) is 1.55. The van der Waals surface area contributed by atoms with Crippen LogP contribution in [-0.2, 0) is 9.53 Å². The van der Waals surface area contributed by atoms with Gasteiger partial charge in [0.1, 0.15) is 17.6 Å². The number of amides is 1. The molecule has 0 fully saturated rings. The Bertz CT molecular complexity index is 1150. The third kappa shape index (κ3) is 7.58. The van der Waals surface area contributed by atoms with E-state index in [0.717, 1.165) is 23.1 Å². The molecule has 1 aromatic heterocycles. The molecule has 0 aliphatic rings. The maximum atomic E-state index is 12.9. The number of thioether (sulfide) groups is 1. The van der Waals surface area contributed by atoms with Gasteiger partial charge in [0.2, 0.25) is 0 Å². The summed E-state index contributed by atoms with van der Waals surface area (Å²) in [4.78, 5) is 40.2. The van der Waals surface area contributed by atoms with Gasteiger partial charge in [-0.25, -0.2) is 9.78 Å². The van der Waals surface area contributed by atoms with Crippen molar-refractivity contribution in [3.05, 3.63) is 65.9 Å². The number of carbonyl (C=O) groups is 3. The van der Waals surface area contributed by atoms with Gasteiger partial charge in [0.25, 0.3) is 5.91 Å². The quantitative estimate of drug-likeness (QED) is 0.225. The van der Waals surface area contributed by atoms with Crippen LogP contribution in [0.2, 0.25) is 0 Å². The lowest BCUT2D eigenvalue weighted by Gasteiger charge is -2.16. The van der Waals surface area contributed by atoms with E-state index in [2.05, 4.69) is 10.3 Å². The van der Waals surface area contributed by atoms with Gasteiger partial charge in [-0.1, -0.05) is 29.5 Å². The Hall–Kier alpha value is -3.41. The van der Waals surface area contributed by atoms with E-state index in [0.29, 0.717) is 27.3 Å². The van der Waals surface area contributed by atoms with Crippen LogP contribution in [-0.4, -0.2) is 53.5 Å². The fourth-order valence-electron chi connectivity index (χ4n) is 2.76. The number of aliphatic carboxylic acids is 1.